The summed E-state index contributed by atoms with van der Waals surface area (Å²) >= 11 is 0.923. The lowest BCUT2D eigenvalue weighted by atomic mass is 9.97. The van der Waals surface area contributed by atoms with E-state index < -0.39 is 23.3 Å². The Kier molecular flexibility index (Phi) is 7.62. The van der Waals surface area contributed by atoms with Crippen molar-refractivity contribution in [1.29, 1.82) is 0 Å². The average molecular weight is 414 g/mol. The number of thioether (sulfide) groups is 1. The maximum atomic E-state index is 14.0. The van der Waals surface area contributed by atoms with Gasteiger partial charge in [0, 0.05) is 10.5 Å². The van der Waals surface area contributed by atoms with Crippen LogP contribution in [0.1, 0.15) is 17.7 Å². The molecule has 2 unspecified atom stereocenters. The molecule has 0 aliphatic rings. The zero-order valence-electron chi connectivity index (χ0n) is 15.7. The van der Waals surface area contributed by atoms with E-state index in [0.717, 1.165) is 11.8 Å². The number of hydrogen-bond donors (Lipinski definition) is 0. The number of carbonyl (C=O) groups excluding carboxylic acids is 1. The average Bonchev–Trinajstić information content (AvgIpc) is 2.67. The maximum absolute atomic E-state index is 14.0. The lowest BCUT2D eigenvalue weighted by Gasteiger charge is -2.28. The molecule has 2 rings (SSSR count). The normalized spacial score (nSPS) is 13.5. The van der Waals surface area contributed by atoms with Crippen LogP contribution in [0.2, 0.25) is 0 Å². The SMILES string of the molecule is CCOC(=O)C(C(Sc1ccccc1)c1cc(OC)ccc1OC)C(F)(F)F. The van der Waals surface area contributed by atoms with E-state index in [0.29, 0.717) is 10.6 Å². The Morgan fingerprint density at radius 3 is 2.29 bits per heavy atom. The second-order valence-corrected chi connectivity index (χ2v) is 6.95. The van der Waals surface area contributed by atoms with Crippen molar-refractivity contribution in [2.75, 3.05) is 20.8 Å². The van der Waals surface area contributed by atoms with E-state index in [1.165, 1.54) is 33.3 Å². The van der Waals surface area contributed by atoms with Crippen molar-refractivity contribution in [1.82, 2.24) is 0 Å². The van der Waals surface area contributed by atoms with Crippen LogP contribution in [0.3, 0.4) is 0 Å². The molecule has 0 saturated heterocycles. The fraction of sp³-hybridized carbons (Fsp3) is 0.350. The molecule has 152 valence electrons. The van der Waals surface area contributed by atoms with Crippen LogP contribution in [-0.2, 0) is 9.53 Å². The van der Waals surface area contributed by atoms with Crippen LogP contribution in [-0.4, -0.2) is 33.0 Å². The molecule has 0 aliphatic carbocycles. The van der Waals surface area contributed by atoms with Crippen molar-refractivity contribution in [3.05, 3.63) is 54.1 Å². The lowest BCUT2D eigenvalue weighted by Crippen LogP contribution is -2.36. The molecule has 0 fully saturated rings. The van der Waals surface area contributed by atoms with E-state index >= 15 is 0 Å². The summed E-state index contributed by atoms with van der Waals surface area (Å²) in [7, 11) is 2.78. The van der Waals surface area contributed by atoms with Crippen molar-refractivity contribution in [2.24, 2.45) is 5.92 Å². The maximum Gasteiger partial charge on any atom is 0.403 e. The highest BCUT2D eigenvalue weighted by molar-refractivity contribution is 7.99. The van der Waals surface area contributed by atoms with Crippen molar-refractivity contribution in [2.45, 2.75) is 23.2 Å². The summed E-state index contributed by atoms with van der Waals surface area (Å²) in [5.41, 5.74) is 0.200. The van der Waals surface area contributed by atoms with Crippen LogP contribution in [0.5, 0.6) is 11.5 Å². The van der Waals surface area contributed by atoms with E-state index in [4.69, 9.17) is 14.2 Å². The number of ether oxygens (including phenoxy) is 3. The number of hydrogen-bond acceptors (Lipinski definition) is 5. The van der Waals surface area contributed by atoms with Gasteiger partial charge in [0.2, 0.25) is 0 Å². The predicted molar refractivity (Wildman–Crippen MR) is 101 cm³/mol. The Morgan fingerprint density at radius 2 is 1.75 bits per heavy atom. The first kappa shape index (κ1) is 21.9. The summed E-state index contributed by atoms with van der Waals surface area (Å²) < 4.78 is 57.1. The van der Waals surface area contributed by atoms with E-state index in [9.17, 15) is 18.0 Å². The van der Waals surface area contributed by atoms with Gasteiger partial charge in [-0.05, 0) is 37.3 Å². The molecule has 0 heterocycles. The van der Waals surface area contributed by atoms with Crippen LogP contribution in [0.15, 0.2) is 53.4 Å². The third kappa shape index (κ3) is 5.34. The summed E-state index contributed by atoms with van der Waals surface area (Å²) in [5.74, 6) is -3.11. The van der Waals surface area contributed by atoms with Crippen molar-refractivity contribution < 1.29 is 32.2 Å². The second kappa shape index (κ2) is 9.73. The quantitative estimate of drug-likeness (QED) is 0.434. The van der Waals surface area contributed by atoms with Gasteiger partial charge < -0.3 is 14.2 Å². The first-order valence-corrected chi connectivity index (χ1v) is 9.36. The Balaban J connectivity index is 2.63. The van der Waals surface area contributed by atoms with Crippen LogP contribution >= 0.6 is 11.8 Å². The van der Waals surface area contributed by atoms with Crippen LogP contribution < -0.4 is 9.47 Å². The highest BCUT2D eigenvalue weighted by Crippen LogP contribution is 2.50. The minimum atomic E-state index is -4.81. The van der Waals surface area contributed by atoms with Gasteiger partial charge >= 0.3 is 12.1 Å². The van der Waals surface area contributed by atoms with E-state index in [-0.39, 0.29) is 17.9 Å². The number of methoxy groups -OCH3 is 2. The van der Waals surface area contributed by atoms with Gasteiger partial charge in [0.15, 0.2) is 5.92 Å². The lowest BCUT2D eigenvalue weighted by molar-refractivity contribution is -0.197. The molecule has 0 saturated carbocycles. The summed E-state index contributed by atoms with van der Waals surface area (Å²) in [5, 5.41) is -1.33. The number of esters is 1. The molecule has 2 aromatic rings. The minimum Gasteiger partial charge on any atom is -0.497 e. The van der Waals surface area contributed by atoms with Crippen molar-refractivity contribution >= 4 is 17.7 Å². The molecule has 0 aliphatic heterocycles. The number of benzene rings is 2. The Hall–Kier alpha value is -2.35. The molecule has 4 nitrogen and oxygen atoms in total. The number of halogens is 3. The number of carbonyl (C=O) groups is 1. The number of rotatable bonds is 8. The smallest absolute Gasteiger partial charge is 0.403 e. The highest BCUT2D eigenvalue weighted by atomic mass is 32.2. The molecule has 0 radical (unpaired) electrons. The summed E-state index contributed by atoms with van der Waals surface area (Å²) in [6, 6.07) is 13.1. The molecule has 0 aromatic heterocycles. The van der Waals surface area contributed by atoms with Gasteiger partial charge in [0.05, 0.1) is 26.1 Å². The fourth-order valence-electron chi connectivity index (χ4n) is 2.68. The topological polar surface area (TPSA) is 44.8 Å². The summed E-state index contributed by atoms with van der Waals surface area (Å²) in [6.07, 6.45) is -4.81. The number of alkyl halides is 3. The summed E-state index contributed by atoms with van der Waals surface area (Å²) in [6.45, 7) is 1.32. The highest BCUT2D eigenvalue weighted by Gasteiger charge is 2.52. The summed E-state index contributed by atoms with van der Waals surface area (Å²) in [4.78, 5) is 12.9. The van der Waals surface area contributed by atoms with E-state index in [2.05, 4.69) is 0 Å². The predicted octanol–water partition coefficient (Wildman–Crippen LogP) is 5.28. The molecular formula is C20H21F3O4S. The van der Waals surface area contributed by atoms with Crippen LogP contribution in [0.25, 0.3) is 0 Å². The van der Waals surface area contributed by atoms with Gasteiger partial charge in [0.25, 0.3) is 0 Å². The Labute approximate surface area is 166 Å². The van der Waals surface area contributed by atoms with Crippen LogP contribution in [0.4, 0.5) is 13.2 Å². The third-order valence-corrected chi connectivity index (χ3v) is 5.27. The molecule has 8 heteroatoms. The molecule has 0 N–H and O–H groups in total. The van der Waals surface area contributed by atoms with Crippen molar-refractivity contribution in [3.63, 3.8) is 0 Å². The van der Waals surface area contributed by atoms with E-state index in [1.54, 1.807) is 36.4 Å². The Bertz CT molecular complexity index is 781. The molecule has 28 heavy (non-hydrogen) atoms. The molecule has 2 aromatic carbocycles. The van der Waals surface area contributed by atoms with Gasteiger partial charge in [-0.15, -0.1) is 11.8 Å². The van der Waals surface area contributed by atoms with E-state index in [1.807, 2.05) is 0 Å². The first-order chi connectivity index (χ1) is 13.3. The molecule has 0 bridgehead atoms. The molecular weight excluding hydrogens is 393 g/mol. The zero-order valence-corrected chi connectivity index (χ0v) is 16.5. The molecule has 0 spiro atoms. The Morgan fingerprint density at radius 1 is 1.07 bits per heavy atom. The van der Waals surface area contributed by atoms with Gasteiger partial charge in [-0.25, -0.2) is 0 Å². The zero-order chi connectivity index (χ0) is 20.7. The largest absolute Gasteiger partial charge is 0.497 e. The first-order valence-electron chi connectivity index (χ1n) is 8.48. The molecule has 0 amide bonds. The van der Waals surface area contributed by atoms with Gasteiger partial charge in [-0.3, -0.25) is 4.79 Å². The van der Waals surface area contributed by atoms with Crippen molar-refractivity contribution in [3.8, 4) is 11.5 Å². The van der Waals surface area contributed by atoms with Crippen LogP contribution in [0, 0.1) is 5.92 Å². The molecule has 2 atom stereocenters. The van der Waals surface area contributed by atoms with Gasteiger partial charge in [0.1, 0.15) is 11.5 Å². The fourth-order valence-corrected chi connectivity index (χ4v) is 4.00. The third-order valence-electron chi connectivity index (χ3n) is 3.95. The standard InChI is InChI=1S/C20H21F3O4S/c1-4-27-19(24)17(20(21,22)23)18(28-14-8-6-5-7-9-14)15-12-13(25-2)10-11-16(15)26-3/h5-12,17-18H,4H2,1-3H3. The second-order valence-electron chi connectivity index (χ2n) is 5.73. The minimum absolute atomic E-state index is 0.149. The monoisotopic (exact) mass is 414 g/mol. The van der Waals surface area contributed by atoms with Gasteiger partial charge in [-0.2, -0.15) is 13.2 Å². The van der Waals surface area contributed by atoms with Gasteiger partial charge in [-0.1, -0.05) is 18.2 Å².